The first-order chi connectivity index (χ1) is 13.1. The van der Waals surface area contributed by atoms with Crippen molar-refractivity contribution in [3.05, 3.63) is 41.5 Å². The highest BCUT2D eigenvalue weighted by Crippen LogP contribution is 2.69. The van der Waals surface area contributed by atoms with Crippen molar-refractivity contribution in [3.63, 3.8) is 0 Å². The predicted molar refractivity (Wildman–Crippen MR) is 94.7 cm³/mol. The molecule has 138 valence electrons. The molecule has 6 atom stereocenters. The molecule has 7 rings (SSSR count). The summed E-state index contributed by atoms with van der Waals surface area (Å²) in [5, 5.41) is 12.0. The molecular weight excluding hydrogens is 344 g/mol. The Morgan fingerprint density at radius 2 is 2.04 bits per heavy atom. The number of hydrogen-bond donors (Lipinski definition) is 1. The van der Waals surface area contributed by atoms with Gasteiger partial charge in [-0.2, -0.15) is 0 Å². The topological polar surface area (TPSA) is 70.1 Å². The minimum Gasteiger partial charge on any atom is -0.373 e. The van der Waals surface area contributed by atoms with Crippen molar-refractivity contribution in [3.8, 4) is 0 Å². The first kappa shape index (κ1) is 14.8. The van der Waals surface area contributed by atoms with Crippen molar-refractivity contribution in [2.24, 2.45) is 11.8 Å². The zero-order valence-electron chi connectivity index (χ0n) is 14.8. The number of carbonyl (C=O) groups is 2. The molecule has 4 fully saturated rings. The van der Waals surface area contributed by atoms with Gasteiger partial charge in [0.1, 0.15) is 0 Å². The summed E-state index contributed by atoms with van der Waals surface area (Å²) in [6, 6.07) is 7.64. The number of para-hydroxylation sites is 1. The second-order valence-electron chi connectivity index (χ2n) is 8.91. The number of amides is 2. The van der Waals surface area contributed by atoms with Crippen LogP contribution < -0.4 is 4.90 Å². The van der Waals surface area contributed by atoms with Crippen molar-refractivity contribution < 1.29 is 19.4 Å². The van der Waals surface area contributed by atoms with E-state index in [9.17, 15) is 14.7 Å². The molecule has 1 spiro atoms. The molecule has 2 amide bonds. The van der Waals surface area contributed by atoms with Crippen LogP contribution in [0.2, 0.25) is 0 Å². The number of rotatable bonds is 0. The summed E-state index contributed by atoms with van der Waals surface area (Å²) in [6.45, 7) is 0.963. The van der Waals surface area contributed by atoms with E-state index in [-0.39, 0.29) is 42.2 Å². The molecular formula is C21H20N2O4. The average molecular weight is 364 g/mol. The minimum atomic E-state index is -1.23. The number of ether oxygens (including phenoxy) is 1. The van der Waals surface area contributed by atoms with E-state index in [4.69, 9.17) is 4.74 Å². The minimum absolute atomic E-state index is 0.00443. The molecule has 1 N–H and O–H groups in total. The number of aliphatic hydroxyl groups is 1. The van der Waals surface area contributed by atoms with Crippen LogP contribution in [0.3, 0.4) is 0 Å². The number of nitrogens with zero attached hydrogens (tertiary/aromatic N) is 2. The lowest BCUT2D eigenvalue weighted by Gasteiger charge is -2.61. The first-order valence-electron chi connectivity index (χ1n) is 9.81. The lowest BCUT2D eigenvalue weighted by atomic mass is 9.52. The van der Waals surface area contributed by atoms with Gasteiger partial charge in [0.2, 0.25) is 11.8 Å². The van der Waals surface area contributed by atoms with Gasteiger partial charge in [-0.3, -0.25) is 9.59 Å². The van der Waals surface area contributed by atoms with Crippen LogP contribution in [0.4, 0.5) is 5.69 Å². The molecule has 0 radical (unpaired) electrons. The Bertz CT molecular complexity index is 973. The Labute approximate surface area is 156 Å². The van der Waals surface area contributed by atoms with E-state index in [1.54, 1.807) is 4.90 Å². The monoisotopic (exact) mass is 364 g/mol. The lowest BCUT2D eigenvalue weighted by Crippen LogP contribution is -2.74. The molecule has 6 aliphatic rings. The lowest BCUT2D eigenvalue weighted by molar-refractivity contribution is -0.199. The molecule has 0 aromatic heterocycles. The Balaban J connectivity index is 1.60. The third-order valence-electron chi connectivity index (χ3n) is 8.20. The van der Waals surface area contributed by atoms with E-state index >= 15 is 0 Å². The van der Waals surface area contributed by atoms with Gasteiger partial charge in [0.15, 0.2) is 5.72 Å². The molecule has 3 saturated heterocycles. The number of anilines is 1. The Hall–Kier alpha value is -2.18. The normalized spacial score (nSPS) is 45.6. The third kappa shape index (κ3) is 1.35. The summed E-state index contributed by atoms with van der Waals surface area (Å²) in [6.07, 6.45) is 3.12. The maximum absolute atomic E-state index is 13.2. The van der Waals surface area contributed by atoms with Crippen LogP contribution in [0.1, 0.15) is 24.8 Å². The van der Waals surface area contributed by atoms with Crippen LogP contribution in [0, 0.1) is 11.8 Å². The van der Waals surface area contributed by atoms with E-state index < -0.39 is 11.1 Å². The molecule has 27 heavy (non-hydrogen) atoms. The van der Waals surface area contributed by atoms with Crippen molar-refractivity contribution in [2.75, 3.05) is 18.1 Å². The van der Waals surface area contributed by atoms with Crippen molar-refractivity contribution in [1.82, 2.24) is 4.90 Å². The fourth-order valence-electron chi connectivity index (χ4n) is 7.34. The molecule has 2 bridgehead atoms. The summed E-state index contributed by atoms with van der Waals surface area (Å²) < 4.78 is 6.14. The molecule has 6 nitrogen and oxygen atoms in total. The van der Waals surface area contributed by atoms with Crippen molar-refractivity contribution >= 4 is 17.5 Å². The molecule has 1 aromatic rings. The van der Waals surface area contributed by atoms with E-state index in [0.29, 0.717) is 26.0 Å². The van der Waals surface area contributed by atoms with Gasteiger partial charge in [-0.25, -0.2) is 0 Å². The van der Waals surface area contributed by atoms with Crippen LogP contribution in [0.15, 0.2) is 35.9 Å². The number of fused-ring (bicyclic) bond motifs is 2. The highest BCUT2D eigenvalue weighted by Gasteiger charge is 2.78. The number of piperidine rings is 2. The molecule has 5 aliphatic heterocycles. The maximum Gasteiger partial charge on any atom is 0.229 e. The molecule has 0 unspecified atom stereocenters. The number of carbonyl (C=O) groups excluding carboxylic acids is 2. The predicted octanol–water partition coefficient (Wildman–Crippen LogP) is 0.939. The van der Waals surface area contributed by atoms with Gasteiger partial charge in [0.05, 0.1) is 30.6 Å². The first-order valence-corrected chi connectivity index (χ1v) is 9.81. The molecule has 5 heterocycles. The fraction of sp³-hybridized carbons (Fsp3) is 0.524. The van der Waals surface area contributed by atoms with Crippen LogP contribution in [0.5, 0.6) is 0 Å². The Morgan fingerprint density at radius 3 is 2.93 bits per heavy atom. The molecule has 1 aliphatic carbocycles. The van der Waals surface area contributed by atoms with Gasteiger partial charge < -0.3 is 19.6 Å². The summed E-state index contributed by atoms with van der Waals surface area (Å²) in [7, 11) is 0. The number of hydrogen-bond acceptors (Lipinski definition) is 4. The number of benzene rings is 1. The summed E-state index contributed by atoms with van der Waals surface area (Å²) >= 11 is 0. The van der Waals surface area contributed by atoms with Crippen LogP contribution in [0.25, 0.3) is 0 Å². The van der Waals surface area contributed by atoms with Gasteiger partial charge in [-0.1, -0.05) is 24.3 Å². The fourth-order valence-corrected chi connectivity index (χ4v) is 7.34. The van der Waals surface area contributed by atoms with Crippen molar-refractivity contribution in [1.29, 1.82) is 0 Å². The standard InChI is InChI=1S/C21H20N2O4/c24-16-7-15-18-12-8-21(26)20(9-17(25)22(21)10-11(12)5-6-27-15)13-3-1-2-4-14(13)23(16)19(18)20/h1-5,12,15,18-19,26H,6-10H2/t12-,15-,18-,19-,20-,21+/m0/s1. The third-order valence-corrected chi connectivity index (χ3v) is 8.20. The van der Waals surface area contributed by atoms with E-state index in [2.05, 4.69) is 6.08 Å². The summed E-state index contributed by atoms with van der Waals surface area (Å²) in [5.74, 6) is 0.323. The molecule has 1 saturated carbocycles. The SMILES string of the molecule is O=C1C[C@@H]2OCC=C3CN4C(=O)C[C@]56c7ccccc7N1[C@H]5[C@H]2[C@H]3C[C@]46O. The molecule has 6 heteroatoms. The average Bonchev–Trinajstić information content (AvgIpc) is 3.00. The second kappa shape index (κ2) is 4.28. The summed E-state index contributed by atoms with van der Waals surface area (Å²) in [5.41, 5.74) is 1.04. The van der Waals surface area contributed by atoms with E-state index in [1.807, 2.05) is 29.2 Å². The van der Waals surface area contributed by atoms with E-state index in [1.165, 1.54) is 5.57 Å². The highest BCUT2D eigenvalue weighted by molar-refractivity contribution is 6.01. The Kier molecular flexibility index (Phi) is 2.35. The smallest absolute Gasteiger partial charge is 0.229 e. The van der Waals surface area contributed by atoms with Gasteiger partial charge in [0, 0.05) is 31.0 Å². The van der Waals surface area contributed by atoms with Gasteiger partial charge in [-0.15, -0.1) is 0 Å². The largest absolute Gasteiger partial charge is 0.373 e. The maximum atomic E-state index is 13.2. The molecule has 1 aromatic carbocycles. The van der Waals surface area contributed by atoms with Gasteiger partial charge in [-0.05, 0) is 23.1 Å². The Morgan fingerprint density at radius 1 is 1.19 bits per heavy atom. The highest BCUT2D eigenvalue weighted by atomic mass is 16.5. The quantitative estimate of drug-likeness (QED) is 0.696. The zero-order valence-corrected chi connectivity index (χ0v) is 14.8. The van der Waals surface area contributed by atoms with E-state index in [0.717, 1.165) is 11.3 Å². The van der Waals surface area contributed by atoms with Crippen molar-refractivity contribution in [2.45, 2.75) is 42.5 Å². The zero-order chi connectivity index (χ0) is 18.1. The summed E-state index contributed by atoms with van der Waals surface area (Å²) in [4.78, 5) is 29.9. The van der Waals surface area contributed by atoms with Crippen LogP contribution >= 0.6 is 0 Å². The van der Waals surface area contributed by atoms with Crippen LogP contribution in [-0.2, 0) is 19.7 Å². The second-order valence-corrected chi connectivity index (χ2v) is 8.91. The van der Waals surface area contributed by atoms with Crippen LogP contribution in [-0.4, -0.2) is 52.8 Å². The van der Waals surface area contributed by atoms with Gasteiger partial charge >= 0.3 is 0 Å². The van der Waals surface area contributed by atoms with Gasteiger partial charge in [0.25, 0.3) is 0 Å².